The van der Waals surface area contributed by atoms with Crippen molar-refractivity contribution in [3.63, 3.8) is 0 Å². The highest BCUT2D eigenvalue weighted by Crippen LogP contribution is 2.45. The molecule has 3 unspecified atom stereocenters. The highest BCUT2D eigenvalue weighted by atomic mass is 79.9. The fourth-order valence-corrected chi connectivity index (χ4v) is 4.31. The minimum absolute atomic E-state index is 0.506. The lowest BCUT2D eigenvalue weighted by Gasteiger charge is -2.42. The van der Waals surface area contributed by atoms with E-state index >= 15 is 0 Å². The molecule has 1 aliphatic carbocycles. The van der Waals surface area contributed by atoms with Crippen molar-refractivity contribution in [1.29, 1.82) is 0 Å². The van der Waals surface area contributed by atoms with Gasteiger partial charge in [0.1, 0.15) is 0 Å². The van der Waals surface area contributed by atoms with Crippen molar-refractivity contribution in [2.45, 2.75) is 65.1 Å². The minimum atomic E-state index is 0.506. The Labute approximate surface area is 104 Å². The summed E-state index contributed by atoms with van der Waals surface area (Å²) >= 11 is 3.71. The van der Waals surface area contributed by atoms with E-state index in [1.54, 1.807) is 0 Å². The molecule has 0 bridgehead atoms. The molecule has 0 aromatic carbocycles. The molecule has 3 atom stereocenters. The number of halogens is 1. The van der Waals surface area contributed by atoms with Crippen molar-refractivity contribution in [3.8, 4) is 0 Å². The van der Waals surface area contributed by atoms with Gasteiger partial charge in [-0.25, -0.2) is 0 Å². The first-order valence-electron chi connectivity index (χ1n) is 6.45. The van der Waals surface area contributed by atoms with Gasteiger partial charge < -0.3 is 0 Å². The zero-order valence-electron chi connectivity index (χ0n) is 11.0. The molecule has 0 aliphatic heterocycles. The molecule has 1 rings (SSSR count). The van der Waals surface area contributed by atoms with E-state index in [9.17, 15) is 0 Å². The number of alkyl halides is 1. The largest absolute Gasteiger partial charge is 0.0893 e. The smallest absolute Gasteiger partial charge is 0.0122 e. The maximum absolute atomic E-state index is 3.71. The standard InChI is InChI=1S/C14H27Br/c1-10-6-11(2)8-13(7-10)14(4,5)9-12(3)15/h10-13H,6-9H2,1-5H3. The van der Waals surface area contributed by atoms with E-state index in [0.29, 0.717) is 10.2 Å². The monoisotopic (exact) mass is 274 g/mol. The van der Waals surface area contributed by atoms with Crippen LogP contribution in [0.4, 0.5) is 0 Å². The highest BCUT2D eigenvalue weighted by Gasteiger charge is 2.35. The van der Waals surface area contributed by atoms with E-state index in [1.807, 2.05) is 0 Å². The van der Waals surface area contributed by atoms with Crippen molar-refractivity contribution in [3.05, 3.63) is 0 Å². The molecular formula is C14H27Br. The van der Waals surface area contributed by atoms with Gasteiger partial charge in [0, 0.05) is 4.83 Å². The average molecular weight is 275 g/mol. The average Bonchev–Trinajstić information content (AvgIpc) is 1.99. The topological polar surface area (TPSA) is 0 Å². The summed E-state index contributed by atoms with van der Waals surface area (Å²) in [5.41, 5.74) is 0.506. The second-order valence-electron chi connectivity index (χ2n) is 6.59. The summed E-state index contributed by atoms with van der Waals surface area (Å²) in [5, 5.41) is 0. The zero-order chi connectivity index (χ0) is 11.6. The van der Waals surface area contributed by atoms with Crippen LogP contribution >= 0.6 is 15.9 Å². The molecule has 1 aliphatic rings. The van der Waals surface area contributed by atoms with Gasteiger partial charge in [-0.1, -0.05) is 50.5 Å². The third-order valence-electron chi connectivity index (χ3n) is 4.09. The van der Waals surface area contributed by atoms with Crippen molar-refractivity contribution >= 4 is 15.9 Å². The first-order valence-corrected chi connectivity index (χ1v) is 7.37. The van der Waals surface area contributed by atoms with E-state index in [0.717, 1.165) is 17.8 Å². The number of hydrogen-bond donors (Lipinski definition) is 0. The van der Waals surface area contributed by atoms with Gasteiger partial charge >= 0.3 is 0 Å². The second-order valence-corrected chi connectivity index (χ2v) is 8.15. The Morgan fingerprint density at radius 2 is 1.60 bits per heavy atom. The summed E-state index contributed by atoms with van der Waals surface area (Å²) in [6.07, 6.45) is 5.63. The van der Waals surface area contributed by atoms with Gasteiger partial charge in [-0.05, 0) is 48.9 Å². The highest BCUT2D eigenvalue weighted by molar-refractivity contribution is 9.09. The minimum Gasteiger partial charge on any atom is -0.0893 e. The van der Waals surface area contributed by atoms with Crippen LogP contribution in [0.15, 0.2) is 0 Å². The maximum Gasteiger partial charge on any atom is 0.0122 e. The lowest BCUT2D eigenvalue weighted by molar-refractivity contribution is 0.0938. The predicted octanol–water partition coefficient (Wildman–Crippen LogP) is 5.26. The third-order valence-corrected chi connectivity index (χ3v) is 4.41. The summed E-state index contributed by atoms with van der Waals surface area (Å²) in [6.45, 7) is 12.0. The van der Waals surface area contributed by atoms with E-state index in [2.05, 4.69) is 50.5 Å². The predicted molar refractivity (Wildman–Crippen MR) is 72.5 cm³/mol. The van der Waals surface area contributed by atoms with E-state index < -0.39 is 0 Å². The molecule has 1 heteroatoms. The van der Waals surface area contributed by atoms with Crippen LogP contribution in [0.25, 0.3) is 0 Å². The van der Waals surface area contributed by atoms with Crippen LogP contribution in [-0.4, -0.2) is 4.83 Å². The molecular weight excluding hydrogens is 248 g/mol. The fraction of sp³-hybridized carbons (Fsp3) is 1.00. The van der Waals surface area contributed by atoms with Crippen LogP contribution in [0, 0.1) is 23.2 Å². The van der Waals surface area contributed by atoms with E-state index in [1.165, 1.54) is 25.7 Å². The SMILES string of the molecule is CC(Br)CC(C)(C)C1CC(C)CC(C)C1. The Bertz CT molecular complexity index is 186. The Balaban J connectivity index is 2.60. The normalized spacial score (nSPS) is 35.2. The first-order chi connectivity index (χ1) is 6.81. The van der Waals surface area contributed by atoms with Crippen LogP contribution in [0.1, 0.15) is 60.3 Å². The molecule has 0 radical (unpaired) electrons. The van der Waals surface area contributed by atoms with Gasteiger partial charge in [0.2, 0.25) is 0 Å². The molecule has 90 valence electrons. The van der Waals surface area contributed by atoms with Crippen molar-refractivity contribution in [2.75, 3.05) is 0 Å². The summed E-state index contributed by atoms with van der Waals surface area (Å²) in [6, 6.07) is 0. The molecule has 0 saturated heterocycles. The van der Waals surface area contributed by atoms with Crippen LogP contribution in [0.2, 0.25) is 0 Å². The van der Waals surface area contributed by atoms with Crippen LogP contribution in [-0.2, 0) is 0 Å². The van der Waals surface area contributed by atoms with Crippen LogP contribution < -0.4 is 0 Å². The van der Waals surface area contributed by atoms with Gasteiger partial charge in [0.25, 0.3) is 0 Å². The van der Waals surface area contributed by atoms with Crippen LogP contribution in [0.3, 0.4) is 0 Å². The van der Waals surface area contributed by atoms with Gasteiger partial charge in [0.15, 0.2) is 0 Å². The lowest BCUT2D eigenvalue weighted by Crippen LogP contribution is -2.33. The van der Waals surface area contributed by atoms with E-state index in [-0.39, 0.29) is 0 Å². The molecule has 0 aromatic rings. The molecule has 0 spiro atoms. The molecule has 0 N–H and O–H groups in total. The Kier molecular flexibility index (Phi) is 4.70. The van der Waals surface area contributed by atoms with E-state index in [4.69, 9.17) is 0 Å². The van der Waals surface area contributed by atoms with Crippen molar-refractivity contribution in [2.24, 2.45) is 23.2 Å². The summed E-state index contributed by atoms with van der Waals surface area (Å²) in [5.74, 6) is 2.79. The quantitative estimate of drug-likeness (QED) is 0.616. The number of rotatable bonds is 3. The second kappa shape index (κ2) is 5.21. The first kappa shape index (κ1) is 13.5. The Morgan fingerprint density at radius 1 is 1.13 bits per heavy atom. The third kappa shape index (κ3) is 4.09. The van der Waals surface area contributed by atoms with Crippen molar-refractivity contribution < 1.29 is 0 Å². The van der Waals surface area contributed by atoms with Gasteiger partial charge in [-0.2, -0.15) is 0 Å². The molecule has 0 nitrogen and oxygen atoms in total. The van der Waals surface area contributed by atoms with Gasteiger partial charge in [0.05, 0.1) is 0 Å². The molecule has 15 heavy (non-hydrogen) atoms. The molecule has 0 heterocycles. The summed E-state index contributed by atoms with van der Waals surface area (Å²) in [7, 11) is 0. The summed E-state index contributed by atoms with van der Waals surface area (Å²) < 4.78 is 0. The molecule has 0 amide bonds. The fourth-order valence-electron chi connectivity index (χ4n) is 3.48. The molecule has 0 aromatic heterocycles. The maximum atomic E-state index is 3.71. The van der Waals surface area contributed by atoms with Crippen LogP contribution in [0.5, 0.6) is 0 Å². The number of hydrogen-bond acceptors (Lipinski definition) is 0. The Hall–Kier alpha value is 0.480. The Morgan fingerprint density at radius 3 is 2.00 bits per heavy atom. The van der Waals surface area contributed by atoms with Gasteiger partial charge in [-0.15, -0.1) is 0 Å². The lowest BCUT2D eigenvalue weighted by atomic mass is 9.64. The summed E-state index contributed by atoms with van der Waals surface area (Å²) in [4.78, 5) is 0.653. The van der Waals surface area contributed by atoms with Gasteiger partial charge in [-0.3, -0.25) is 0 Å². The molecule has 1 fully saturated rings. The van der Waals surface area contributed by atoms with Crippen molar-refractivity contribution in [1.82, 2.24) is 0 Å². The zero-order valence-corrected chi connectivity index (χ0v) is 12.6. The molecule has 1 saturated carbocycles.